The van der Waals surface area contributed by atoms with Gasteiger partial charge < -0.3 is 5.21 Å². The maximum absolute atomic E-state index is 11.5. The van der Waals surface area contributed by atoms with E-state index in [1.165, 1.54) is 6.92 Å². The smallest absolute Gasteiger partial charge is 0.197 e. The Morgan fingerprint density at radius 3 is 2.57 bits per heavy atom. The lowest BCUT2D eigenvalue weighted by Gasteiger charge is -2.15. The number of quaternary nitrogens is 1. The fourth-order valence-corrected chi connectivity index (χ4v) is 1.04. The second-order valence-corrected chi connectivity index (χ2v) is 2.76. The first-order chi connectivity index (χ1) is 6.61. The summed E-state index contributed by atoms with van der Waals surface area (Å²) in [6, 6.07) is 8.43. The van der Waals surface area contributed by atoms with Crippen LogP contribution in [0.4, 0.5) is 0 Å². The van der Waals surface area contributed by atoms with Crippen LogP contribution in [0.1, 0.15) is 17.3 Å². The number of Topliss-reactive ketones (excluding diaryl/α,β-unsaturated/α-hetero) is 1. The zero-order valence-corrected chi connectivity index (χ0v) is 7.64. The summed E-state index contributed by atoms with van der Waals surface area (Å²) in [5.41, 5.74) is 0.446. The van der Waals surface area contributed by atoms with Crippen LogP contribution >= 0.6 is 0 Å². The van der Waals surface area contributed by atoms with Crippen molar-refractivity contribution < 1.29 is 20.2 Å². The van der Waals surface area contributed by atoms with Crippen LogP contribution in [0.5, 0.6) is 0 Å². The van der Waals surface area contributed by atoms with Crippen LogP contribution < -0.4 is 5.39 Å². The van der Waals surface area contributed by atoms with E-state index in [9.17, 15) is 10.0 Å². The number of hydrogen-bond donors (Lipinski definition) is 2. The van der Waals surface area contributed by atoms with Crippen molar-refractivity contribution in [1.29, 1.82) is 0 Å². The molecule has 1 aromatic rings. The van der Waals surface area contributed by atoms with E-state index in [-0.39, 0.29) is 5.78 Å². The fourth-order valence-electron chi connectivity index (χ4n) is 1.04. The van der Waals surface area contributed by atoms with Crippen LogP contribution in [0, 0.1) is 5.21 Å². The molecule has 1 aromatic carbocycles. The zero-order chi connectivity index (χ0) is 10.6. The first-order valence-electron chi connectivity index (χ1n) is 4.10. The minimum absolute atomic E-state index is 0.340. The Hall–Kier alpha value is -1.27. The van der Waals surface area contributed by atoms with Crippen molar-refractivity contribution >= 4 is 5.78 Å². The van der Waals surface area contributed by atoms with Gasteiger partial charge in [0.15, 0.2) is 11.9 Å². The van der Waals surface area contributed by atoms with Crippen LogP contribution in [0.25, 0.3) is 0 Å². The average Bonchev–Trinajstić information content (AvgIpc) is 2.17. The molecule has 76 valence electrons. The zero-order valence-electron chi connectivity index (χ0n) is 7.64. The second kappa shape index (κ2) is 4.83. The number of nitrogens with one attached hydrogen (secondary N) is 1. The van der Waals surface area contributed by atoms with Gasteiger partial charge in [-0.25, -0.2) is 0 Å². The van der Waals surface area contributed by atoms with Gasteiger partial charge in [-0.15, -0.1) is 0 Å². The average molecular weight is 197 g/mol. The van der Waals surface area contributed by atoms with E-state index in [2.05, 4.69) is 4.84 Å². The Kier molecular flexibility index (Phi) is 3.73. The van der Waals surface area contributed by atoms with Crippen molar-refractivity contribution in [2.24, 2.45) is 0 Å². The van der Waals surface area contributed by atoms with Gasteiger partial charge in [0.2, 0.25) is 0 Å². The molecule has 0 aliphatic rings. The van der Waals surface area contributed by atoms with E-state index >= 15 is 0 Å². The van der Waals surface area contributed by atoms with Crippen molar-refractivity contribution in [2.45, 2.75) is 13.0 Å². The van der Waals surface area contributed by atoms with E-state index in [1.54, 1.807) is 30.3 Å². The van der Waals surface area contributed by atoms with E-state index in [4.69, 9.17) is 5.21 Å². The number of rotatable bonds is 4. The Labute approximate surface area is 81.0 Å². The highest BCUT2D eigenvalue weighted by molar-refractivity contribution is 5.99. The molecule has 2 atom stereocenters. The SMILES string of the molecule is C[C@@H](O[NH+]([O-])O)C(=O)c1ccccc1. The molecule has 0 spiro atoms. The van der Waals surface area contributed by atoms with Gasteiger partial charge in [-0.1, -0.05) is 35.7 Å². The monoisotopic (exact) mass is 197 g/mol. The normalized spacial score (nSPS) is 14.8. The van der Waals surface area contributed by atoms with E-state index in [1.807, 2.05) is 0 Å². The lowest BCUT2D eigenvalue weighted by atomic mass is 10.1. The fraction of sp³-hybridized carbons (Fsp3) is 0.222. The van der Waals surface area contributed by atoms with Crippen LogP contribution in [0.2, 0.25) is 0 Å². The lowest BCUT2D eigenvalue weighted by Crippen LogP contribution is -3.04. The Bertz CT molecular complexity index is 299. The molecule has 1 unspecified atom stereocenters. The van der Waals surface area contributed by atoms with Gasteiger partial charge in [-0.05, 0) is 6.92 Å². The van der Waals surface area contributed by atoms with E-state index in [0.717, 1.165) is 0 Å². The van der Waals surface area contributed by atoms with Crippen LogP contribution in [0.15, 0.2) is 30.3 Å². The number of ketones is 1. The highest BCUT2D eigenvalue weighted by atomic mass is 17.1. The molecule has 0 saturated heterocycles. The Morgan fingerprint density at radius 1 is 1.50 bits per heavy atom. The first-order valence-corrected chi connectivity index (χ1v) is 4.10. The maximum Gasteiger partial charge on any atom is 0.197 e. The summed E-state index contributed by atoms with van der Waals surface area (Å²) in [4.78, 5) is 15.8. The third-order valence-electron chi connectivity index (χ3n) is 1.71. The number of benzene rings is 1. The summed E-state index contributed by atoms with van der Waals surface area (Å²) >= 11 is 0. The summed E-state index contributed by atoms with van der Waals surface area (Å²) in [5.74, 6) is -0.340. The molecule has 0 heterocycles. The van der Waals surface area contributed by atoms with Crippen LogP contribution in [-0.4, -0.2) is 17.1 Å². The van der Waals surface area contributed by atoms with Gasteiger partial charge >= 0.3 is 0 Å². The molecule has 0 fully saturated rings. The molecule has 0 amide bonds. The van der Waals surface area contributed by atoms with Gasteiger partial charge in [0.05, 0.1) is 0 Å². The van der Waals surface area contributed by atoms with Crippen LogP contribution in [0.3, 0.4) is 0 Å². The maximum atomic E-state index is 11.5. The molecular weight excluding hydrogens is 186 g/mol. The van der Waals surface area contributed by atoms with Gasteiger partial charge in [0.1, 0.15) is 0 Å². The summed E-state index contributed by atoms with van der Waals surface area (Å²) < 4.78 is 0. The van der Waals surface area contributed by atoms with Gasteiger partial charge in [0, 0.05) is 5.56 Å². The highest BCUT2D eigenvalue weighted by Crippen LogP contribution is 2.03. The third-order valence-corrected chi connectivity index (χ3v) is 1.71. The molecule has 0 aromatic heterocycles. The second-order valence-electron chi connectivity index (χ2n) is 2.76. The summed E-state index contributed by atoms with van der Waals surface area (Å²) in [7, 11) is 0. The predicted octanol–water partition coefficient (Wildman–Crippen LogP) is -0.0387. The summed E-state index contributed by atoms with van der Waals surface area (Å²) in [6.07, 6.45) is -0.963. The molecule has 5 heteroatoms. The molecule has 0 bridgehead atoms. The van der Waals surface area contributed by atoms with Crippen molar-refractivity contribution in [1.82, 2.24) is 0 Å². The topological polar surface area (TPSA) is 74.0 Å². The van der Waals surface area contributed by atoms with Crippen molar-refractivity contribution in [3.8, 4) is 0 Å². The Morgan fingerprint density at radius 2 is 2.07 bits per heavy atom. The molecule has 0 aliphatic carbocycles. The minimum atomic E-state index is -1.44. The summed E-state index contributed by atoms with van der Waals surface area (Å²) in [5, 5.41) is 17.0. The lowest BCUT2D eigenvalue weighted by molar-refractivity contribution is -1.21. The molecule has 0 radical (unpaired) electrons. The minimum Gasteiger partial charge on any atom is -0.566 e. The highest BCUT2D eigenvalue weighted by Gasteiger charge is 2.18. The largest absolute Gasteiger partial charge is 0.566 e. The standard InChI is InChI=1S/C9H11NO4/c1-7(14-10(12)13)9(11)8-5-3-2-4-6-8/h2-7,10,12H,1H3/t7-/m1/s1. The number of hydrogen-bond acceptors (Lipinski definition) is 4. The van der Waals surface area contributed by atoms with E-state index < -0.39 is 11.5 Å². The summed E-state index contributed by atoms with van der Waals surface area (Å²) in [6.45, 7) is 1.41. The number of carbonyl (C=O) groups excluding carboxylic acids is 1. The molecule has 0 aliphatic heterocycles. The molecule has 0 saturated carbocycles. The van der Waals surface area contributed by atoms with Crippen molar-refractivity contribution in [3.05, 3.63) is 41.1 Å². The molecule has 1 rings (SSSR count). The number of carbonyl (C=O) groups is 1. The molecular formula is C9H11NO4. The molecule has 14 heavy (non-hydrogen) atoms. The van der Waals surface area contributed by atoms with Gasteiger partial charge in [-0.2, -0.15) is 10.0 Å². The quantitative estimate of drug-likeness (QED) is 0.524. The van der Waals surface area contributed by atoms with Crippen molar-refractivity contribution in [2.75, 3.05) is 0 Å². The van der Waals surface area contributed by atoms with Crippen LogP contribution in [-0.2, 0) is 4.84 Å². The third kappa shape index (κ3) is 2.90. The Balaban J connectivity index is 2.66. The van der Waals surface area contributed by atoms with Gasteiger partial charge in [-0.3, -0.25) is 4.79 Å². The first kappa shape index (κ1) is 10.8. The van der Waals surface area contributed by atoms with Crippen molar-refractivity contribution in [3.63, 3.8) is 0 Å². The molecule has 2 N–H and O–H groups in total. The molecule has 5 nitrogen and oxygen atoms in total. The van der Waals surface area contributed by atoms with Gasteiger partial charge in [0.25, 0.3) is 0 Å². The van der Waals surface area contributed by atoms with E-state index in [0.29, 0.717) is 5.56 Å². The predicted molar refractivity (Wildman–Crippen MR) is 47.4 cm³/mol.